The Morgan fingerprint density at radius 2 is 1.59 bits per heavy atom. The SMILES string of the molecule is N#Cc1ccc(COC(=O)c2cc(S(=O)(=O)N3CCCCC3)ccc2N2CCCC2)cc1. The minimum atomic E-state index is -3.66. The van der Waals surface area contributed by atoms with Crippen molar-refractivity contribution < 1.29 is 17.9 Å². The van der Waals surface area contributed by atoms with Crippen LogP contribution in [0.2, 0.25) is 0 Å². The number of rotatable bonds is 6. The summed E-state index contributed by atoms with van der Waals surface area (Å²) in [7, 11) is -3.66. The fraction of sp³-hybridized carbons (Fsp3) is 0.417. The van der Waals surface area contributed by atoms with Crippen molar-refractivity contribution in [2.45, 2.75) is 43.6 Å². The van der Waals surface area contributed by atoms with E-state index in [1.807, 2.05) is 0 Å². The van der Waals surface area contributed by atoms with Gasteiger partial charge >= 0.3 is 5.97 Å². The minimum Gasteiger partial charge on any atom is -0.457 e. The van der Waals surface area contributed by atoms with Gasteiger partial charge in [-0.3, -0.25) is 0 Å². The lowest BCUT2D eigenvalue weighted by Gasteiger charge is -2.27. The third-order valence-corrected chi connectivity index (χ3v) is 7.94. The molecule has 0 aliphatic carbocycles. The molecule has 7 nitrogen and oxygen atoms in total. The first-order chi connectivity index (χ1) is 15.5. The molecule has 168 valence electrons. The minimum absolute atomic E-state index is 0.0487. The third kappa shape index (κ3) is 4.79. The van der Waals surface area contributed by atoms with Crippen LogP contribution < -0.4 is 4.90 Å². The fourth-order valence-corrected chi connectivity index (χ4v) is 5.77. The van der Waals surface area contributed by atoms with Crippen LogP contribution in [0.4, 0.5) is 5.69 Å². The van der Waals surface area contributed by atoms with E-state index in [9.17, 15) is 13.2 Å². The summed E-state index contributed by atoms with van der Waals surface area (Å²) in [6.07, 6.45) is 4.81. The highest BCUT2D eigenvalue weighted by Gasteiger charge is 2.29. The number of esters is 1. The van der Waals surface area contributed by atoms with Gasteiger partial charge in [0.25, 0.3) is 0 Å². The molecule has 8 heteroatoms. The van der Waals surface area contributed by atoms with Gasteiger partial charge in [-0.05, 0) is 61.6 Å². The summed E-state index contributed by atoms with van der Waals surface area (Å²) in [5, 5.41) is 8.92. The number of sulfonamides is 1. The van der Waals surface area contributed by atoms with Crippen LogP contribution >= 0.6 is 0 Å². The van der Waals surface area contributed by atoms with Crippen molar-refractivity contribution in [3.05, 3.63) is 59.2 Å². The molecule has 4 rings (SSSR count). The molecule has 2 saturated heterocycles. The lowest BCUT2D eigenvalue weighted by atomic mass is 10.1. The van der Waals surface area contributed by atoms with Gasteiger partial charge in [0.15, 0.2) is 0 Å². The molecule has 0 saturated carbocycles. The van der Waals surface area contributed by atoms with E-state index in [0.717, 1.165) is 50.8 Å². The van der Waals surface area contributed by atoms with Crippen LogP contribution in [0, 0.1) is 11.3 Å². The first-order valence-corrected chi connectivity index (χ1v) is 12.5. The van der Waals surface area contributed by atoms with E-state index < -0.39 is 16.0 Å². The predicted octanol–water partition coefficient (Wildman–Crippen LogP) is 3.69. The van der Waals surface area contributed by atoms with Gasteiger partial charge < -0.3 is 9.64 Å². The smallest absolute Gasteiger partial charge is 0.340 e. The van der Waals surface area contributed by atoms with Crippen molar-refractivity contribution in [1.82, 2.24) is 4.31 Å². The van der Waals surface area contributed by atoms with Crippen molar-refractivity contribution in [2.24, 2.45) is 0 Å². The molecule has 2 fully saturated rings. The molecule has 2 aromatic carbocycles. The Hall–Kier alpha value is -2.89. The van der Waals surface area contributed by atoms with E-state index in [1.165, 1.54) is 10.4 Å². The number of carbonyl (C=O) groups excluding carboxylic acids is 1. The largest absolute Gasteiger partial charge is 0.457 e. The number of nitrogens with zero attached hydrogens (tertiary/aromatic N) is 3. The monoisotopic (exact) mass is 453 g/mol. The van der Waals surface area contributed by atoms with Crippen LogP contribution in [0.15, 0.2) is 47.4 Å². The molecule has 0 amide bonds. The number of piperidine rings is 1. The van der Waals surface area contributed by atoms with Gasteiger partial charge in [0.2, 0.25) is 10.0 Å². The van der Waals surface area contributed by atoms with Crippen LogP contribution in [0.5, 0.6) is 0 Å². The summed E-state index contributed by atoms with van der Waals surface area (Å²) >= 11 is 0. The molecule has 0 aromatic heterocycles. The molecule has 2 aliphatic heterocycles. The van der Waals surface area contributed by atoms with Crippen molar-refractivity contribution >= 4 is 21.7 Å². The van der Waals surface area contributed by atoms with E-state index >= 15 is 0 Å². The number of ether oxygens (including phenoxy) is 1. The first kappa shape index (κ1) is 22.3. The Kier molecular flexibility index (Phi) is 6.77. The maximum Gasteiger partial charge on any atom is 0.340 e. The molecule has 32 heavy (non-hydrogen) atoms. The Morgan fingerprint density at radius 3 is 2.25 bits per heavy atom. The molecule has 0 spiro atoms. The highest BCUT2D eigenvalue weighted by Crippen LogP contribution is 2.30. The van der Waals surface area contributed by atoms with Gasteiger partial charge in [-0.2, -0.15) is 9.57 Å². The average molecular weight is 454 g/mol. The van der Waals surface area contributed by atoms with E-state index in [4.69, 9.17) is 10.00 Å². The number of hydrogen-bond donors (Lipinski definition) is 0. The highest BCUT2D eigenvalue weighted by atomic mass is 32.2. The number of nitriles is 1. The lowest BCUT2D eigenvalue weighted by Crippen LogP contribution is -2.35. The first-order valence-electron chi connectivity index (χ1n) is 11.0. The molecule has 0 bridgehead atoms. The Balaban J connectivity index is 1.60. The zero-order valence-electron chi connectivity index (χ0n) is 18.0. The van der Waals surface area contributed by atoms with Crippen LogP contribution in [-0.4, -0.2) is 44.9 Å². The summed E-state index contributed by atoms with van der Waals surface area (Å²) in [6.45, 7) is 2.72. The maximum atomic E-state index is 13.2. The van der Waals surface area contributed by atoms with Crippen LogP contribution in [0.1, 0.15) is 53.6 Å². The van der Waals surface area contributed by atoms with Gasteiger partial charge in [-0.1, -0.05) is 18.6 Å². The van der Waals surface area contributed by atoms with Crippen LogP contribution in [0.3, 0.4) is 0 Å². The van der Waals surface area contributed by atoms with Gasteiger partial charge in [-0.15, -0.1) is 0 Å². The molecule has 0 N–H and O–H groups in total. The summed E-state index contributed by atoms with van der Waals surface area (Å²) in [4.78, 5) is 15.3. The van der Waals surface area contributed by atoms with Gasteiger partial charge in [0.1, 0.15) is 6.61 Å². The third-order valence-electron chi connectivity index (χ3n) is 6.04. The van der Waals surface area contributed by atoms with E-state index in [-0.39, 0.29) is 17.1 Å². The Bertz CT molecular complexity index is 1110. The van der Waals surface area contributed by atoms with E-state index in [2.05, 4.69) is 11.0 Å². The number of anilines is 1. The second-order valence-corrected chi connectivity index (χ2v) is 10.2. The van der Waals surface area contributed by atoms with Gasteiger partial charge in [0, 0.05) is 26.2 Å². The second-order valence-electron chi connectivity index (χ2n) is 8.22. The van der Waals surface area contributed by atoms with Gasteiger partial charge in [0.05, 0.1) is 27.8 Å². The molecule has 2 aromatic rings. The molecule has 0 atom stereocenters. The summed E-state index contributed by atoms with van der Waals surface area (Å²) in [6, 6.07) is 13.7. The highest BCUT2D eigenvalue weighted by molar-refractivity contribution is 7.89. The summed E-state index contributed by atoms with van der Waals surface area (Å²) < 4.78 is 33.4. The molecule has 0 unspecified atom stereocenters. The van der Waals surface area contributed by atoms with Crippen LogP contribution in [0.25, 0.3) is 0 Å². The summed E-state index contributed by atoms with van der Waals surface area (Å²) in [5.41, 5.74) is 2.28. The van der Waals surface area contributed by atoms with Crippen molar-refractivity contribution in [3.63, 3.8) is 0 Å². The number of benzene rings is 2. The maximum absolute atomic E-state index is 13.2. The van der Waals surface area contributed by atoms with E-state index in [0.29, 0.717) is 24.3 Å². The second kappa shape index (κ2) is 9.72. The lowest BCUT2D eigenvalue weighted by molar-refractivity contribution is 0.0473. The molecular formula is C24H27N3O4S. The quantitative estimate of drug-likeness (QED) is 0.620. The Morgan fingerprint density at radius 1 is 0.938 bits per heavy atom. The number of carbonyl (C=O) groups is 1. The normalized spacial score (nSPS) is 17.2. The predicted molar refractivity (Wildman–Crippen MR) is 121 cm³/mol. The number of hydrogen-bond acceptors (Lipinski definition) is 6. The zero-order chi connectivity index (χ0) is 22.6. The molecule has 2 aliphatic rings. The average Bonchev–Trinajstić information content (AvgIpc) is 3.38. The zero-order valence-corrected chi connectivity index (χ0v) is 18.8. The molecule has 0 radical (unpaired) electrons. The fourth-order valence-electron chi connectivity index (χ4n) is 4.23. The van der Waals surface area contributed by atoms with Crippen molar-refractivity contribution in [3.8, 4) is 6.07 Å². The van der Waals surface area contributed by atoms with Crippen molar-refractivity contribution in [2.75, 3.05) is 31.1 Å². The summed E-state index contributed by atoms with van der Waals surface area (Å²) in [5.74, 6) is -0.549. The molecule has 2 heterocycles. The Labute approximate surface area is 189 Å². The molecular weight excluding hydrogens is 426 g/mol. The van der Waals surface area contributed by atoms with E-state index in [1.54, 1.807) is 36.4 Å². The van der Waals surface area contributed by atoms with Gasteiger partial charge in [-0.25, -0.2) is 13.2 Å². The topological polar surface area (TPSA) is 90.7 Å². The van der Waals surface area contributed by atoms with Crippen molar-refractivity contribution in [1.29, 1.82) is 5.26 Å². The van der Waals surface area contributed by atoms with Crippen LogP contribution in [-0.2, 0) is 21.4 Å². The standard InChI is InChI=1S/C24H27N3O4S/c25-17-19-6-8-20(9-7-19)18-31-24(28)22-16-21(10-11-23(22)26-12-4-5-13-26)32(29,30)27-14-2-1-3-15-27/h6-11,16H,1-5,12-15,18H2.